The number of hydrogen-bond donors (Lipinski definition) is 2. The van der Waals surface area contributed by atoms with Crippen molar-refractivity contribution < 1.29 is 9.90 Å². The van der Waals surface area contributed by atoms with Gasteiger partial charge in [0.25, 0.3) is 5.56 Å². The number of allylic oxidation sites excluding steroid dienone is 1. The fraction of sp³-hybridized carbons (Fsp3) is 0.0556. The number of hydrogen-bond acceptors (Lipinski definition) is 4. The molecule has 114 valence electrons. The van der Waals surface area contributed by atoms with Crippen molar-refractivity contribution in [2.24, 2.45) is 0 Å². The van der Waals surface area contributed by atoms with E-state index >= 15 is 0 Å². The van der Waals surface area contributed by atoms with Gasteiger partial charge in [0.15, 0.2) is 5.78 Å². The quantitative estimate of drug-likeness (QED) is 0.725. The van der Waals surface area contributed by atoms with E-state index in [4.69, 9.17) is 0 Å². The second-order valence-electron chi connectivity index (χ2n) is 5.08. The Morgan fingerprint density at radius 2 is 1.96 bits per heavy atom. The van der Waals surface area contributed by atoms with E-state index in [1.165, 1.54) is 18.3 Å². The molecule has 5 nitrogen and oxygen atoms in total. The molecule has 0 fully saturated rings. The molecular formula is C18H14N2O3. The van der Waals surface area contributed by atoms with Gasteiger partial charge in [-0.2, -0.15) is 0 Å². The van der Waals surface area contributed by atoms with E-state index in [1.54, 1.807) is 12.1 Å². The highest BCUT2D eigenvalue weighted by Gasteiger charge is 2.10. The maximum absolute atomic E-state index is 12.0. The molecule has 0 unspecified atom stereocenters. The van der Waals surface area contributed by atoms with Crippen molar-refractivity contribution >= 4 is 22.9 Å². The lowest BCUT2D eigenvalue weighted by Gasteiger charge is -2.03. The van der Waals surface area contributed by atoms with Crippen LogP contribution in [0.15, 0.2) is 59.5 Å². The Balaban J connectivity index is 1.89. The number of pyridine rings is 2. The fourth-order valence-corrected chi connectivity index (χ4v) is 2.31. The molecule has 0 aliphatic rings. The third kappa shape index (κ3) is 3.18. The van der Waals surface area contributed by atoms with Crippen LogP contribution in [0.4, 0.5) is 0 Å². The minimum atomic E-state index is -0.488. The first-order valence-corrected chi connectivity index (χ1v) is 7.10. The molecule has 5 heteroatoms. The number of carbonyl (C=O) groups is 1. The number of benzene rings is 1. The Morgan fingerprint density at radius 3 is 2.74 bits per heavy atom. The second-order valence-corrected chi connectivity index (χ2v) is 5.08. The van der Waals surface area contributed by atoms with Gasteiger partial charge in [0, 0.05) is 12.6 Å². The summed E-state index contributed by atoms with van der Waals surface area (Å²) in [6, 6.07) is 12.6. The first kappa shape index (κ1) is 14.7. The van der Waals surface area contributed by atoms with Gasteiger partial charge >= 0.3 is 0 Å². The van der Waals surface area contributed by atoms with E-state index in [0.29, 0.717) is 11.0 Å². The lowest BCUT2D eigenvalue weighted by molar-refractivity contribution is -0.113. The Hall–Kier alpha value is -3.21. The zero-order chi connectivity index (χ0) is 16.2. The Kier molecular flexibility index (Phi) is 4.01. The van der Waals surface area contributed by atoms with Crippen LogP contribution in [-0.4, -0.2) is 20.9 Å². The van der Waals surface area contributed by atoms with Crippen LogP contribution >= 0.6 is 0 Å². The smallest absolute Gasteiger partial charge is 0.260 e. The van der Waals surface area contributed by atoms with Crippen molar-refractivity contribution in [2.45, 2.75) is 6.42 Å². The molecule has 1 aromatic carbocycles. The van der Waals surface area contributed by atoms with Gasteiger partial charge in [0.1, 0.15) is 11.4 Å². The number of fused-ring (bicyclic) bond motifs is 1. The van der Waals surface area contributed by atoms with Gasteiger partial charge in [0.05, 0.1) is 10.9 Å². The molecule has 0 aliphatic heterocycles. The summed E-state index contributed by atoms with van der Waals surface area (Å²) < 4.78 is 0. The minimum Gasteiger partial charge on any atom is -0.506 e. The highest BCUT2D eigenvalue weighted by Crippen LogP contribution is 2.23. The summed E-state index contributed by atoms with van der Waals surface area (Å²) >= 11 is 0. The van der Waals surface area contributed by atoms with E-state index in [0.717, 1.165) is 5.56 Å². The van der Waals surface area contributed by atoms with Gasteiger partial charge in [-0.05, 0) is 29.8 Å². The van der Waals surface area contributed by atoms with Crippen molar-refractivity contribution in [3.8, 4) is 5.75 Å². The molecule has 0 saturated carbocycles. The molecule has 0 atom stereocenters. The lowest BCUT2D eigenvalue weighted by Crippen LogP contribution is -2.10. The van der Waals surface area contributed by atoms with Crippen LogP contribution in [0.3, 0.4) is 0 Å². The Morgan fingerprint density at radius 1 is 1.17 bits per heavy atom. The molecule has 0 amide bonds. The molecule has 2 N–H and O–H groups in total. The first-order chi connectivity index (χ1) is 11.1. The summed E-state index contributed by atoms with van der Waals surface area (Å²) in [5.74, 6) is -0.332. The summed E-state index contributed by atoms with van der Waals surface area (Å²) in [7, 11) is 0. The van der Waals surface area contributed by atoms with Crippen molar-refractivity contribution in [1.29, 1.82) is 0 Å². The number of H-pyrrole nitrogens is 1. The molecule has 0 aliphatic carbocycles. The molecule has 23 heavy (non-hydrogen) atoms. The maximum atomic E-state index is 12.0. The third-order valence-corrected chi connectivity index (χ3v) is 3.45. The summed E-state index contributed by atoms with van der Waals surface area (Å²) in [4.78, 5) is 30.6. The number of carbonyl (C=O) groups excluding carboxylic acids is 1. The molecule has 0 radical (unpaired) electrons. The number of aromatic nitrogens is 2. The van der Waals surface area contributed by atoms with Crippen LogP contribution in [0.2, 0.25) is 0 Å². The van der Waals surface area contributed by atoms with E-state index in [9.17, 15) is 14.7 Å². The number of aromatic hydroxyl groups is 1. The normalized spacial score (nSPS) is 11.1. The number of ketones is 1. The summed E-state index contributed by atoms with van der Waals surface area (Å²) in [6.45, 7) is 0. The predicted molar refractivity (Wildman–Crippen MR) is 88.2 cm³/mol. The van der Waals surface area contributed by atoms with Crippen LogP contribution in [0.25, 0.3) is 17.1 Å². The number of nitrogens with one attached hydrogen (secondary N) is 1. The van der Waals surface area contributed by atoms with E-state index in [-0.39, 0.29) is 23.5 Å². The Bertz CT molecular complexity index is 943. The van der Waals surface area contributed by atoms with Crippen molar-refractivity contribution in [1.82, 2.24) is 9.97 Å². The second kappa shape index (κ2) is 6.27. The summed E-state index contributed by atoms with van der Waals surface area (Å²) in [5, 5.41) is 10.6. The molecule has 0 saturated heterocycles. The summed E-state index contributed by atoms with van der Waals surface area (Å²) in [5.41, 5.74) is 0.759. The molecule has 2 aromatic heterocycles. The molecule has 3 aromatic rings. The van der Waals surface area contributed by atoms with Gasteiger partial charge in [0.2, 0.25) is 0 Å². The van der Waals surface area contributed by atoms with Gasteiger partial charge in [-0.1, -0.05) is 30.3 Å². The zero-order valence-electron chi connectivity index (χ0n) is 12.2. The average Bonchev–Trinajstić information content (AvgIpc) is 2.55. The molecule has 2 heterocycles. The standard InChI is InChI=1S/C18H14N2O3/c21-13(11-12-5-2-1-3-6-12)8-9-15-16(22)14-7-4-10-19-17(14)20-18(15)23/h1-10H,11H2,(H2,19,20,22,23)/b9-8+. The lowest BCUT2D eigenvalue weighted by atomic mass is 10.1. The van der Waals surface area contributed by atoms with Crippen LogP contribution in [0.5, 0.6) is 5.75 Å². The van der Waals surface area contributed by atoms with Crippen LogP contribution in [0.1, 0.15) is 11.1 Å². The van der Waals surface area contributed by atoms with E-state index in [2.05, 4.69) is 9.97 Å². The van der Waals surface area contributed by atoms with Crippen molar-refractivity contribution in [3.05, 3.63) is 76.2 Å². The highest BCUT2D eigenvalue weighted by atomic mass is 16.3. The third-order valence-electron chi connectivity index (χ3n) is 3.45. The van der Waals surface area contributed by atoms with Gasteiger partial charge in [-0.3, -0.25) is 9.59 Å². The van der Waals surface area contributed by atoms with Crippen LogP contribution in [0, 0.1) is 0 Å². The van der Waals surface area contributed by atoms with E-state index < -0.39 is 5.56 Å². The van der Waals surface area contributed by atoms with Crippen LogP contribution < -0.4 is 5.56 Å². The molecule has 3 rings (SSSR count). The molecular weight excluding hydrogens is 292 g/mol. The topological polar surface area (TPSA) is 83.0 Å². The average molecular weight is 306 g/mol. The zero-order valence-corrected chi connectivity index (χ0v) is 12.2. The van der Waals surface area contributed by atoms with Gasteiger partial charge in [-0.25, -0.2) is 4.98 Å². The number of nitrogens with zero attached hydrogens (tertiary/aromatic N) is 1. The van der Waals surface area contributed by atoms with E-state index in [1.807, 2.05) is 30.3 Å². The minimum absolute atomic E-state index is 0.0481. The van der Waals surface area contributed by atoms with Gasteiger partial charge in [-0.15, -0.1) is 0 Å². The van der Waals surface area contributed by atoms with Crippen molar-refractivity contribution in [2.75, 3.05) is 0 Å². The number of aromatic amines is 1. The largest absolute Gasteiger partial charge is 0.506 e. The van der Waals surface area contributed by atoms with Gasteiger partial charge < -0.3 is 10.1 Å². The first-order valence-electron chi connectivity index (χ1n) is 7.10. The van der Waals surface area contributed by atoms with Crippen LogP contribution in [-0.2, 0) is 11.2 Å². The number of rotatable bonds is 4. The monoisotopic (exact) mass is 306 g/mol. The maximum Gasteiger partial charge on any atom is 0.260 e. The fourth-order valence-electron chi connectivity index (χ4n) is 2.31. The highest BCUT2D eigenvalue weighted by molar-refractivity contribution is 5.96. The SMILES string of the molecule is O=C(/C=C/c1c(O)c2cccnc2[nH]c1=O)Cc1ccccc1. The Labute approximate surface area is 131 Å². The molecule has 0 spiro atoms. The summed E-state index contributed by atoms with van der Waals surface area (Å²) in [6.07, 6.45) is 4.41. The predicted octanol–water partition coefficient (Wildman–Crippen LogP) is 2.45. The van der Waals surface area contributed by atoms with Crippen molar-refractivity contribution in [3.63, 3.8) is 0 Å². The molecule has 0 bridgehead atoms.